The van der Waals surface area contributed by atoms with Crippen molar-refractivity contribution in [3.05, 3.63) is 71.8 Å². The summed E-state index contributed by atoms with van der Waals surface area (Å²) in [7, 11) is 0. The molecule has 0 radical (unpaired) electrons. The Hall–Kier alpha value is -2.13. The summed E-state index contributed by atoms with van der Waals surface area (Å²) in [5.74, 6) is 0.149. The Balaban J connectivity index is 1.92. The predicted octanol–water partition coefficient (Wildman–Crippen LogP) is 3.14. The first-order valence-corrected chi connectivity index (χ1v) is 7.73. The maximum Gasteiger partial charge on any atom is 0.243 e. The number of hydrogen-bond acceptors (Lipinski definition) is 2. The predicted molar refractivity (Wildman–Crippen MR) is 88.3 cm³/mol. The smallest absolute Gasteiger partial charge is 0.243 e. The Kier molecular flexibility index (Phi) is 3.99. The molecular formula is C19H22N2O. The van der Waals surface area contributed by atoms with Crippen LogP contribution in [0, 0.1) is 0 Å². The summed E-state index contributed by atoms with van der Waals surface area (Å²) in [6.07, 6.45) is 0. The minimum atomic E-state index is -0.514. The van der Waals surface area contributed by atoms with E-state index in [0.29, 0.717) is 6.54 Å². The third kappa shape index (κ3) is 2.90. The average Bonchev–Trinajstić information content (AvgIpc) is 2.54. The number of nitrogens with one attached hydrogen (secondary N) is 1. The maximum atomic E-state index is 12.9. The van der Waals surface area contributed by atoms with Crippen LogP contribution in [0.3, 0.4) is 0 Å². The summed E-state index contributed by atoms with van der Waals surface area (Å²) >= 11 is 0. The summed E-state index contributed by atoms with van der Waals surface area (Å²) < 4.78 is 0. The minimum absolute atomic E-state index is 0.0712. The molecule has 1 unspecified atom stereocenters. The number of carbonyl (C=O) groups is 1. The number of nitrogens with zero attached hydrogens (tertiary/aromatic N) is 1. The highest BCUT2D eigenvalue weighted by molar-refractivity contribution is 5.86. The van der Waals surface area contributed by atoms with Gasteiger partial charge in [0.1, 0.15) is 0 Å². The van der Waals surface area contributed by atoms with Crippen molar-refractivity contribution in [3.63, 3.8) is 0 Å². The van der Waals surface area contributed by atoms with E-state index in [1.165, 1.54) is 5.56 Å². The largest absolute Gasteiger partial charge is 0.328 e. The second-order valence-corrected chi connectivity index (χ2v) is 6.35. The standard InChI is InChI=1S/C19H22N2O/c1-19(2)18(22)21(14-15-9-5-3-6-10-15)17(13-20-19)16-11-7-4-8-12-16/h3-12,17,20H,13-14H2,1-2H3. The summed E-state index contributed by atoms with van der Waals surface area (Å²) in [5, 5.41) is 3.38. The number of benzene rings is 2. The zero-order chi connectivity index (χ0) is 15.6. The molecule has 3 heteroatoms. The Morgan fingerprint density at radius 1 is 1.05 bits per heavy atom. The third-order valence-electron chi connectivity index (χ3n) is 4.29. The number of amides is 1. The summed E-state index contributed by atoms with van der Waals surface area (Å²) in [6.45, 7) is 5.32. The maximum absolute atomic E-state index is 12.9. The lowest BCUT2D eigenvalue weighted by molar-refractivity contribution is -0.144. The number of rotatable bonds is 3. The van der Waals surface area contributed by atoms with Crippen LogP contribution in [0.5, 0.6) is 0 Å². The fourth-order valence-electron chi connectivity index (χ4n) is 2.97. The van der Waals surface area contributed by atoms with Gasteiger partial charge in [-0.2, -0.15) is 0 Å². The molecule has 1 fully saturated rings. The number of piperazine rings is 1. The minimum Gasteiger partial charge on any atom is -0.328 e. The van der Waals surface area contributed by atoms with Crippen LogP contribution in [0.15, 0.2) is 60.7 Å². The van der Waals surface area contributed by atoms with Crippen molar-refractivity contribution < 1.29 is 4.79 Å². The van der Waals surface area contributed by atoms with Gasteiger partial charge in [-0.1, -0.05) is 60.7 Å². The highest BCUT2D eigenvalue weighted by Gasteiger charge is 2.40. The first-order chi connectivity index (χ1) is 10.6. The topological polar surface area (TPSA) is 32.3 Å². The van der Waals surface area contributed by atoms with Gasteiger partial charge in [0, 0.05) is 13.1 Å². The molecule has 2 aromatic carbocycles. The van der Waals surface area contributed by atoms with Crippen molar-refractivity contribution in [3.8, 4) is 0 Å². The fraction of sp³-hybridized carbons (Fsp3) is 0.316. The fourth-order valence-corrected chi connectivity index (χ4v) is 2.97. The molecule has 0 bridgehead atoms. The average molecular weight is 294 g/mol. The van der Waals surface area contributed by atoms with E-state index in [1.807, 2.05) is 55.1 Å². The zero-order valence-corrected chi connectivity index (χ0v) is 13.1. The summed E-state index contributed by atoms with van der Waals surface area (Å²) in [4.78, 5) is 14.9. The van der Waals surface area contributed by atoms with Crippen LogP contribution in [0.4, 0.5) is 0 Å². The van der Waals surface area contributed by atoms with E-state index in [0.717, 1.165) is 12.1 Å². The Labute approximate surface area is 132 Å². The molecule has 0 saturated carbocycles. The monoisotopic (exact) mass is 294 g/mol. The zero-order valence-electron chi connectivity index (χ0n) is 13.1. The molecule has 1 N–H and O–H groups in total. The van der Waals surface area contributed by atoms with Gasteiger partial charge >= 0.3 is 0 Å². The lowest BCUT2D eigenvalue weighted by atomic mass is 9.93. The van der Waals surface area contributed by atoms with E-state index in [9.17, 15) is 4.79 Å². The second-order valence-electron chi connectivity index (χ2n) is 6.35. The molecule has 0 aliphatic carbocycles. The molecule has 0 spiro atoms. The summed E-state index contributed by atoms with van der Waals surface area (Å²) in [6, 6.07) is 20.5. The van der Waals surface area contributed by atoms with Gasteiger partial charge in [-0.25, -0.2) is 0 Å². The quantitative estimate of drug-likeness (QED) is 0.943. The molecule has 114 valence electrons. The molecule has 3 rings (SSSR count). The molecule has 1 saturated heterocycles. The van der Waals surface area contributed by atoms with Crippen molar-refractivity contribution in [2.75, 3.05) is 6.54 Å². The summed E-state index contributed by atoms with van der Waals surface area (Å²) in [5.41, 5.74) is 1.82. The number of hydrogen-bond donors (Lipinski definition) is 1. The van der Waals surface area contributed by atoms with Crippen molar-refractivity contribution in [2.45, 2.75) is 32.0 Å². The SMILES string of the molecule is CC1(C)NCC(c2ccccc2)N(Cc2ccccc2)C1=O. The van der Waals surface area contributed by atoms with Crippen molar-refractivity contribution in [1.29, 1.82) is 0 Å². The Morgan fingerprint density at radius 2 is 1.64 bits per heavy atom. The molecule has 2 aromatic rings. The van der Waals surface area contributed by atoms with Gasteiger partial charge in [-0.15, -0.1) is 0 Å². The van der Waals surface area contributed by atoms with E-state index in [1.54, 1.807) is 0 Å². The lowest BCUT2D eigenvalue weighted by Gasteiger charge is -2.44. The second kappa shape index (κ2) is 5.93. The van der Waals surface area contributed by atoms with E-state index >= 15 is 0 Å². The molecule has 1 heterocycles. The van der Waals surface area contributed by atoms with Crippen LogP contribution in [0.2, 0.25) is 0 Å². The molecule has 1 amide bonds. The van der Waals surface area contributed by atoms with Crippen LogP contribution in [-0.2, 0) is 11.3 Å². The van der Waals surface area contributed by atoms with E-state index in [-0.39, 0.29) is 11.9 Å². The molecular weight excluding hydrogens is 272 g/mol. The first-order valence-electron chi connectivity index (χ1n) is 7.73. The normalized spacial score (nSPS) is 20.9. The molecule has 1 aliphatic heterocycles. The van der Waals surface area contributed by atoms with Gasteiger partial charge in [-0.05, 0) is 25.0 Å². The van der Waals surface area contributed by atoms with Crippen LogP contribution in [0.1, 0.15) is 31.0 Å². The highest BCUT2D eigenvalue weighted by atomic mass is 16.2. The van der Waals surface area contributed by atoms with Crippen LogP contribution >= 0.6 is 0 Å². The molecule has 22 heavy (non-hydrogen) atoms. The van der Waals surface area contributed by atoms with Gasteiger partial charge in [0.25, 0.3) is 0 Å². The van der Waals surface area contributed by atoms with Crippen molar-refractivity contribution in [1.82, 2.24) is 10.2 Å². The van der Waals surface area contributed by atoms with E-state index < -0.39 is 5.54 Å². The van der Waals surface area contributed by atoms with Gasteiger partial charge in [-0.3, -0.25) is 4.79 Å². The van der Waals surface area contributed by atoms with Crippen molar-refractivity contribution >= 4 is 5.91 Å². The Morgan fingerprint density at radius 3 is 2.27 bits per heavy atom. The van der Waals surface area contributed by atoms with Gasteiger partial charge in [0.15, 0.2) is 0 Å². The van der Waals surface area contributed by atoms with Gasteiger partial charge in [0.2, 0.25) is 5.91 Å². The first kappa shape index (κ1) is 14.8. The van der Waals surface area contributed by atoms with Crippen molar-refractivity contribution in [2.24, 2.45) is 0 Å². The van der Waals surface area contributed by atoms with Crippen LogP contribution < -0.4 is 5.32 Å². The lowest BCUT2D eigenvalue weighted by Crippen LogP contribution is -2.61. The van der Waals surface area contributed by atoms with Gasteiger partial charge in [0.05, 0.1) is 11.6 Å². The highest BCUT2D eigenvalue weighted by Crippen LogP contribution is 2.29. The molecule has 1 atom stereocenters. The van der Waals surface area contributed by atoms with E-state index in [4.69, 9.17) is 0 Å². The molecule has 1 aliphatic rings. The van der Waals surface area contributed by atoms with Crippen LogP contribution in [0.25, 0.3) is 0 Å². The van der Waals surface area contributed by atoms with Gasteiger partial charge < -0.3 is 10.2 Å². The third-order valence-corrected chi connectivity index (χ3v) is 4.29. The molecule has 0 aromatic heterocycles. The molecule has 3 nitrogen and oxygen atoms in total. The van der Waals surface area contributed by atoms with E-state index in [2.05, 4.69) is 29.6 Å². The van der Waals surface area contributed by atoms with Crippen LogP contribution in [-0.4, -0.2) is 22.9 Å². The Bertz CT molecular complexity index is 637. The number of carbonyl (C=O) groups excluding carboxylic acids is 1.